The second-order valence-corrected chi connectivity index (χ2v) is 4.45. The van der Waals surface area contributed by atoms with E-state index in [9.17, 15) is 4.79 Å². The third-order valence-corrected chi connectivity index (χ3v) is 2.93. The van der Waals surface area contributed by atoms with E-state index < -0.39 is 6.04 Å². The topological polar surface area (TPSA) is 81.2 Å². The fraction of sp³-hybridized carbons (Fsp3) is 0.667. The third kappa shape index (κ3) is 3.56. The van der Waals surface area contributed by atoms with Crippen molar-refractivity contribution in [3.8, 4) is 0 Å². The molecule has 0 spiro atoms. The molecule has 5 heteroatoms. The van der Waals surface area contributed by atoms with Crippen LogP contribution in [0.5, 0.6) is 0 Å². The zero-order valence-electron chi connectivity index (χ0n) is 10.9. The Kier molecular flexibility index (Phi) is 4.69. The predicted octanol–water partition coefficient (Wildman–Crippen LogP) is 1.53. The van der Waals surface area contributed by atoms with Crippen molar-refractivity contribution < 1.29 is 9.21 Å². The van der Waals surface area contributed by atoms with Crippen molar-refractivity contribution in [3.63, 3.8) is 0 Å². The van der Waals surface area contributed by atoms with Gasteiger partial charge in [0.15, 0.2) is 0 Å². The lowest BCUT2D eigenvalue weighted by Crippen LogP contribution is -2.45. The van der Waals surface area contributed by atoms with Crippen molar-refractivity contribution >= 4 is 5.91 Å². The summed E-state index contributed by atoms with van der Waals surface area (Å²) in [6, 6.07) is -0.746. The summed E-state index contributed by atoms with van der Waals surface area (Å²) in [7, 11) is 0. The van der Waals surface area contributed by atoms with Gasteiger partial charge in [0.2, 0.25) is 11.8 Å². The number of nitrogens with one attached hydrogen (secondary N) is 1. The number of hydrogen-bond donors (Lipinski definition) is 2. The molecule has 0 aliphatic carbocycles. The SMILES string of the molecule is CC[C@H](C)[C@H](N)C(=O)NC(C)c1ncc(C)o1. The Hall–Kier alpha value is -1.36. The second kappa shape index (κ2) is 5.82. The van der Waals surface area contributed by atoms with Crippen LogP contribution >= 0.6 is 0 Å². The lowest BCUT2D eigenvalue weighted by Gasteiger charge is -2.19. The number of carbonyl (C=O) groups is 1. The normalized spacial score (nSPS) is 16.3. The maximum absolute atomic E-state index is 11.8. The highest BCUT2D eigenvalue weighted by atomic mass is 16.4. The molecule has 1 unspecified atom stereocenters. The van der Waals surface area contributed by atoms with Gasteiger partial charge in [-0.05, 0) is 19.8 Å². The zero-order chi connectivity index (χ0) is 13.0. The van der Waals surface area contributed by atoms with Crippen molar-refractivity contribution in [1.82, 2.24) is 10.3 Å². The van der Waals surface area contributed by atoms with Crippen LogP contribution in [0.15, 0.2) is 10.6 Å². The Morgan fingerprint density at radius 1 is 1.59 bits per heavy atom. The summed E-state index contributed by atoms with van der Waals surface area (Å²) in [4.78, 5) is 15.9. The fourth-order valence-electron chi connectivity index (χ4n) is 1.46. The largest absolute Gasteiger partial charge is 0.444 e. The summed E-state index contributed by atoms with van der Waals surface area (Å²) < 4.78 is 5.35. The third-order valence-electron chi connectivity index (χ3n) is 2.93. The molecule has 0 aliphatic rings. The molecular formula is C12H21N3O2. The van der Waals surface area contributed by atoms with Crippen molar-refractivity contribution in [2.24, 2.45) is 11.7 Å². The van der Waals surface area contributed by atoms with Crippen LogP contribution in [0.4, 0.5) is 0 Å². The van der Waals surface area contributed by atoms with Gasteiger partial charge in [-0.1, -0.05) is 20.3 Å². The van der Waals surface area contributed by atoms with Crippen LogP contribution in [0.1, 0.15) is 44.9 Å². The summed E-state index contributed by atoms with van der Waals surface area (Å²) in [5.41, 5.74) is 5.84. The number of amides is 1. The molecule has 0 bridgehead atoms. The number of nitrogens with zero attached hydrogens (tertiary/aromatic N) is 1. The van der Waals surface area contributed by atoms with E-state index in [-0.39, 0.29) is 17.9 Å². The molecule has 96 valence electrons. The van der Waals surface area contributed by atoms with E-state index in [1.807, 2.05) is 27.7 Å². The molecule has 3 N–H and O–H groups in total. The van der Waals surface area contributed by atoms with Crippen LogP contribution in [-0.4, -0.2) is 16.9 Å². The molecule has 1 heterocycles. The molecule has 0 saturated carbocycles. The molecule has 17 heavy (non-hydrogen) atoms. The van der Waals surface area contributed by atoms with Gasteiger partial charge < -0.3 is 15.5 Å². The first-order chi connectivity index (χ1) is 7.95. The van der Waals surface area contributed by atoms with Crippen molar-refractivity contribution in [2.45, 2.75) is 46.2 Å². The first-order valence-electron chi connectivity index (χ1n) is 5.94. The minimum atomic E-state index is -0.487. The Bertz CT molecular complexity index is 376. The Morgan fingerprint density at radius 2 is 2.24 bits per heavy atom. The van der Waals surface area contributed by atoms with E-state index in [0.717, 1.165) is 12.2 Å². The molecule has 0 saturated heterocycles. The van der Waals surface area contributed by atoms with Gasteiger partial charge in [-0.25, -0.2) is 4.98 Å². The summed E-state index contributed by atoms with van der Waals surface area (Å²) in [6.45, 7) is 7.62. The highest BCUT2D eigenvalue weighted by Crippen LogP contribution is 2.13. The number of nitrogens with two attached hydrogens (primary N) is 1. The molecule has 1 aromatic heterocycles. The molecule has 1 amide bonds. The van der Waals surface area contributed by atoms with Gasteiger partial charge in [-0.2, -0.15) is 0 Å². The zero-order valence-corrected chi connectivity index (χ0v) is 10.9. The van der Waals surface area contributed by atoms with Crippen LogP contribution in [0.3, 0.4) is 0 Å². The van der Waals surface area contributed by atoms with Gasteiger partial charge >= 0.3 is 0 Å². The summed E-state index contributed by atoms with van der Waals surface area (Å²) in [5, 5.41) is 2.80. The number of oxazole rings is 1. The lowest BCUT2D eigenvalue weighted by molar-refractivity contribution is -0.124. The molecule has 5 nitrogen and oxygen atoms in total. The minimum Gasteiger partial charge on any atom is -0.444 e. The average molecular weight is 239 g/mol. The van der Waals surface area contributed by atoms with E-state index in [2.05, 4.69) is 10.3 Å². The van der Waals surface area contributed by atoms with E-state index in [1.54, 1.807) is 6.20 Å². The van der Waals surface area contributed by atoms with E-state index in [1.165, 1.54) is 0 Å². The Morgan fingerprint density at radius 3 is 2.71 bits per heavy atom. The molecule has 0 aromatic carbocycles. The van der Waals surface area contributed by atoms with Gasteiger partial charge in [0.05, 0.1) is 12.2 Å². The Labute approximate surface area is 102 Å². The van der Waals surface area contributed by atoms with E-state index >= 15 is 0 Å². The predicted molar refractivity (Wildman–Crippen MR) is 65.2 cm³/mol. The standard InChI is InChI=1S/C12H21N3O2/c1-5-7(2)10(13)11(16)15-9(4)12-14-6-8(3)17-12/h6-7,9-10H,5,13H2,1-4H3,(H,15,16)/t7-,9?,10-/m0/s1. The molecule has 3 atom stereocenters. The fourth-order valence-corrected chi connectivity index (χ4v) is 1.46. The molecule has 0 fully saturated rings. The first kappa shape index (κ1) is 13.7. The van der Waals surface area contributed by atoms with Gasteiger partial charge in [0.1, 0.15) is 11.8 Å². The van der Waals surface area contributed by atoms with E-state index in [4.69, 9.17) is 10.2 Å². The molecule has 1 aromatic rings. The lowest BCUT2D eigenvalue weighted by atomic mass is 9.99. The van der Waals surface area contributed by atoms with Crippen molar-refractivity contribution in [1.29, 1.82) is 0 Å². The van der Waals surface area contributed by atoms with Crippen LogP contribution in [0.2, 0.25) is 0 Å². The molecular weight excluding hydrogens is 218 g/mol. The van der Waals surface area contributed by atoms with Crippen LogP contribution in [-0.2, 0) is 4.79 Å². The van der Waals surface area contributed by atoms with Gasteiger partial charge in [0.25, 0.3) is 0 Å². The number of carbonyl (C=O) groups excluding carboxylic acids is 1. The summed E-state index contributed by atoms with van der Waals surface area (Å²) in [6.07, 6.45) is 2.51. The first-order valence-corrected chi connectivity index (χ1v) is 5.94. The highest BCUT2D eigenvalue weighted by molar-refractivity contribution is 5.82. The number of rotatable bonds is 5. The second-order valence-electron chi connectivity index (χ2n) is 4.45. The summed E-state index contributed by atoms with van der Waals surface area (Å²) >= 11 is 0. The average Bonchev–Trinajstić information content (AvgIpc) is 2.73. The highest BCUT2D eigenvalue weighted by Gasteiger charge is 2.22. The van der Waals surface area contributed by atoms with Crippen LogP contribution < -0.4 is 11.1 Å². The quantitative estimate of drug-likeness (QED) is 0.816. The van der Waals surface area contributed by atoms with Crippen molar-refractivity contribution in [2.75, 3.05) is 0 Å². The number of hydrogen-bond acceptors (Lipinski definition) is 4. The number of aryl methyl sites for hydroxylation is 1. The maximum Gasteiger partial charge on any atom is 0.237 e. The van der Waals surface area contributed by atoms with Crippen LogP contribution in [0, 0.1) is 12.8 Å². The monoisotopic (exact) mass is 239 g/mol. The summed E-state index contributed by atoms with van der Waals surface area (Å²) in [5.74, 6) is 1.23. The van der Waals surface area contributed by atoms with Gasteiger partial charge in [0, 0.05) is 0 Å². The molecule has 0 radical (unpaired) electrons. The minimum absolute atomic E-state index is 0.161. The van der Waals surface area contributed by atoms with Gasteiger partial charge in [-0.15, -0.1) is 0 Å². The van der Waals surface area contributed by atoms with Gasteiger partial charge in [-0.3, -0.25) is 4.79 Å². The van der Waals surface area contributed by atoms with Crippen LogP contribution in [0.25, 0.3) is 0 Å². The molecule has 1 rings (SSSR count). The van der Waals surface area contributed by atoms with Crippen molar-refractivity contribution in [3.05, 3.63) is 17.8 Å². The smallest absolute Gasteiger partial charge is 0.237 e. The van der Waals surface area contributed by atoms with E-state index in [0.29, 0.717) is 5.89 Å². The maximum atomic E-state index is 11.8. The molecule has 0 aliphatic heterocycles. The Balaban J connectivity index is 2.57. The number of aromatic nitrogens is 1.